The van der Waals surface area contributed by atoms with Gasteiger partial charge in [-0.15, -0.1) is 0 Å². The number of esters is 1. The minimum atomic E-state index is -1.93. The van der Waals surface area contributed by atoms with E-state index in [0.717, 1.165) is 27.8 Å². The first-order valence-corrected chi connectivity index (χ1v) is 22.1. The maximum absolute atomic E-state index is 16.7. The molecule has 12 nitrogen and oxygen atoms in total. The first-order chi connectivity index (χ1) is 31.8. The molecule has 344 valence electrons. The number of hydrogen-bond donors (Lipinski definition) is 1. The molecule has 0 aliphatic carbocycles. The molecule has 5 aromatic rings. The highest BCUT2D eigenvalue weighted by molar-refractivity contribution is 5.81. The number of carbonyl (C=O) groups excluding carboxylic acids is 2. The Kier molecular flexibility index (Phi) is 18.2. The van der Waals surface area contributed by atoms with Crippen LogP contribution in [0.25, 0.3) is 0 Å². The van der Waals surface area contributed by atoms with E-state index >= 15 is 4.39 Å². The van der Waals surface area contributed by atoms with E-state index in [1.807, 2.05) is 152 Å². The molecule has 4 unspecified atom stereocenters. The Hall–Kier alpha value is -5.35. The van der Waals surface area contributed by atoms with E-state index in [2.05, 4.69) is 5.32 Å². The topological polar surface area (TPSA) is 129 Å². The number of ether oxygens (including phenoxy) is 9. The summed E-state index contributed by atoms with van der Waals surface area (Å²) in [6.45, 7) is 2.33. The average Bonchev–Trinajstić information content (AvgIpc) is 3.34. The second-order valence-corrected chi connectivity index (χ2v) is 16.0. The summed E-state index contributed by atoms with van der Waals surface area (Å²) in [4.78, 5) is 25.5. The van der Waals surface area contributed by atoms with Gasteiger partial charge in [0.15, 0.2) is 12.4 Å². The zero-order chi connectivity index (χ0) is 45.2. The molecule has 2 saturated heterocycles. The van der Waals surface area contributed by atoms with Gasteiger partial charge in [-0.25, -0.2) is 4.39 Å². The van der Waals surface area contributed by atoms with Crippen molar-refractivity contribution in [1.82, 2.24) is 5.32 Å². The SMILES string of the molecule is CNC(=O)CCC(=O)O[C@@H]1C(C)O[C@@H](O[C@@H]2C(OCc3ccccc3)C(OCc3ccccc3)[C@@H](F)O[C@H]2COCc2ccccc2)C(OCc2ccccc2)[C@H]1OCc1ccccc1. The molecule has 0 saturated carbocycles. The molecule has 0 bridgehead atoms. The molecule has 13 heteroatoms. The maximum Gasteiger partial charge on any atom is 0.306 e. The van der Waals surface area contributed by atoms with E-state index in [-0.39, 0.29) is 58.4 Å². The molecule has 5 aromatic carbocycles. The summed E-state index contributed by atoms with van der Waals surface area (Å²) >= 11 is 0. The molecule has 10 atom stereocenters. The number of benzene rings is 5. The molecule has 0 spiro atoms. The van der Waals surface area contributed by atoms with Gasteiger partial charge >= 0.3 is 5.97 Å². The monoisotopic (exact) mass is 891 g/mol. The lowest BCUT2D eigenvalue weighted by Crippen LogP contribution is -2.65. The zero-order valence-electron chi connectivity index (χ0n) is 36.7. The molecule has 1 amide bonds. The van der Waals surface area contributed by atoms with E-state index < -0.39 is 67.4 Å². The Balaban J connectivity index is 1.24. The molecule has 2 aliphatic rings. The highest BCUT2D eigenvalue weighted by Crippen LogP contribution is 2.36. The first kappa shape index (κ1) is 47.6. The molecular formula is C52H58FNO11. The van der Waals surface area contributed by atoms with Crippen LogP contribution in [0.15, 0.2) is 152 Å². The smallest absolute Gasteiger partial charge is 0.306 e. The number of amides is 1. The standard InChI is InChI=1S/C52H58FNO11/c1-36-45(64-44(56)29-28-43(55)54-2)47(58-31-38-20-10-4-11-21-38)50(61-34-41-26-16-7-17-27-41)52(62-36)65-46-42(35-57-30-37-18-8-3-9-19-37)63-51(53)49(60-33-40-24-14-6-15-25-40)48(46)59-32-39-22-12-5-13-23-39/h3-27,36,42,45-52H,28-35H2,1-2H3,(H,54,55)/t36?,42-,45+,46-,47-,48?,49?,50?,51-,52-/m0/s1. The molecule has 2 fully saturated rings. The highest BCUT2D eigenvalue weighted by atomic mass is 19.1. The van der Waals surface area contributed by atoms with Crippen LogP contribution in [0.2, 0.25) is 0 Å². The summed E-state index contributed by atoms with van der Waals surface area (Å²) in [6.07, 6.45) is -11.6. The number of hydrogen-bond acceptors (Lipinski definition) is 11. The zero-order valence-corrected chi connectivity index (χ0v) is 36.7. The Morgan fingerprint density at radius 2 is 0.938 bits per heavy atom. The van der Waals surface area contributed by atoms with Crippen LogP contribution in [0, 0.1) is 0 Å². The summed E-state index contributed by atoms with van der Waals surface area (Å²) in [7, 11) is 1.51. The van der Waals surface area contributed by atoms with Gasteiger partial charge < -0.3 is 47.9 Å². The number of nitrogens with one attached hydrogen (secondary N) is 1. The minimum absolute atomic E-state index is 0.0602. The molecule has 0 radical (unpaired) electrons. The molecule has 7 rings (SSSR count). The molecule has 0 aromatic heterocycles. The number of alkyl halides is 1. The Morgan fingerprint density at radius 3 is 1.40 bits per heavy atom. The van der Waals surface area contributed by atoms with Crippen LogP contribution in [-0.4, -0.2) is 87.0 Å². The van der Waals surface area contributed by atoms with Crippen molar-refractivity contribution >= 4 is 11.9 Å². The summed E-state index contributed by atoms with van der Waals surface area (Å²) in [5, 5.41) is 2.54. The van der Waals surface area contributed by atoms with E-state index in [4.69, 9.17) is 42.6 Å². The van der Waals surface area contributed by atoms with Gasteiger partial charge in [-0.1, -0.05) is 152 Å². The lowest BCUT2D eigenvalue weighted by molar-refractivity contribution is -0.362. The third-order valence-electron chi connectivity index (χ3n) is 11.2. The van der Waals surface area contributed by atoms with E-state index in [1.54, 1.807) is 6.92 Å². The van der Waals surface area contributed by atoms with Gasteiger partial charge in [0.05, 0.1) is 52.2 Å². The van der Waals surface area contributed by atoms with E-state index in [1.165, 1.54) is 7.05 Å². The van der Waals surface area contributed by atoms with Gasteiger partial charge in [0.2, 0.25) is 12.3 Å². The lowest BCUT2D eigenvalue weighted by Gasteiger charge is -2.49. The third-order valence-corrected chi connectivity index (χ3v) is 11.2. The van der Waals surface area contributed by atoms with Crippen LogP contribution in [0.5, 0.6) is 0 Å². The number of halogens is 1. The van der Waals surface area contributed by atoms with Gasteiger partial charge in [-0.3, -0.25) is 9.59 Å². The Bertz CT molecular complexity index is 2140. The normalized spacial score (nSPS) is 25.4. The number of rotatable bonds is 22. The summed E-state index contributed by atoms with van der Waals surface area (Å²) < 4.78 is 75.4. The largest absolute Gasteiger partial charge is 0.457 e. The highest BCUT2D eigenvalue weighted by Gasteiger charge is 2.54. The van der Waals surface area contributed by atoms with E-state index in [0.29, 0.717) is 0 Å². The fourth-order valence-electron chi connectivity index (χ4n) is 7.78. The summed E-state index contributed by atoms with van der Waals surface area (Å²) in [5.41, 5.74) is 4.34. The van der Waals surface area contributed by atoms with E-state index in [9.17, 15) is 9.59 Å². The molecular weight excluding hydrogens is 834 g/mol. The van der Waals surface area contributed by atoms with Gasteiger partial charge in [0.25, 0.3) is 0 Å². The van der Waals surface area contributed by atoms with Gasteiger partial charge in [0, 0.05) is 13.5 Å². The van der Waals surface area contributed by atoms with Crippen molar-refractivity contribution in [3.63, 3.8) is 0 Å². The van der Waals surface area contributed by atoms with Crippen molar-refractivity contribution in [3.05, 3.63) is 179 Å². The van der Waals surface area contributed by atoms with Crippen LogP contribution in [-0.2, 0) is 85.3 Å². The fourth-order valence-corrected chi connectivity index (χ4v) is 7.78. The maximum atomic E-state index is 16.7. The predicted molar refractivity (Wildman–Crippen MR) is 238 cm³/mol. The van der Waals surface area contributed by atoms with Crippen LogP contribution in [0.3, 0.4) is 0 Å². The van der Waals surface area contributed by atoms with Gasteiger partial charge in [0.1, 0.15) is 36.6 Å². The summed E-state index contributed by atoms with van der Waals surface area (Å²) in [5.74, 6) is -0.909. The van der Waals surface area contributed by atoms with Crippen molar-refractivity contribution in [2.75, 3.05) is 13.7 Å². The van der Waals surface area contributed by atoms with Crippen molar-refractivity contribution in [3.8, 4) is 0 Å². The van der Waals surface area contributed by atoms with Crippen molar-refractivity contribution < 1.29 is 56.6 Å². The van der Waals surface area contributed by atoms with Crippen molar-refractivity contribution in [2.24, 2.45) is 0 Å². The van der Waals surface area contributed by atoms with Crippen molar-refractivity contribution in [1.29, 1.82) is 0 Å². The second kappa shape index (κ2) is 24.8. The fraction of sp³-hybridized carbons (Fsp3) is 0.385. The van der Waals surface area contributed by atoms with Crippen LogP contribution < -0.4 is 5.32 Å². The van der Waals surface area contributed by atoms with Gasteiger partial charge in [-0.2, -0.15) is 0 Å². The van der Waals surface area contributed by atoms with Crippen LogP contribution >= 0.6 is 0 Å². The second-order valence-electron chi connectivity index (χ2n) is 16.0. The van der Waals surface area contributed by atoms with Crippen LogP contribution in [0.4, 0.5) is 4.39 Å². The van der Waals surface area contributed by atoms with Gasteiger partial charge in [-0.05, 0) is 34.7 Å². The quantitative estimate of drug-likeness (QED) is 0.0684. The van der Waals surface area contributed by atoms with Crippen LogP contribution in [0.1, 0.15) is 47.6 Å². The minimum Gasteiger partial charge on any atom is -0.457 e. The Morgan fingerprint density at radius 1 is 0.523 bits per heavy atom. The molecule has 65 heavy (non-hydrogen) atoms. The average molecular weight is 892 g/mol. The summed E-state index contributed by atoms with van der Waals surface area (Å²) in [6, 6.07) is 47.8. The molecule has 2 aliphatic heterocycles. The predicted octanol–water partition coefficient (Wildman–Crippen LogP) is 7.81. The Labute approximate surface area is 380 Å². The molecule has 2 heterocycles. The first-order valence-electron chi connectivity index (χ1n) is 22.1. The molecule has 1 N–H and O–H groups in total. The third kappa shape index (κ3) is 14.1. The lowest BCUT2D eigenvalue weighted by atomic mass is 9.96. The van der Waals surface area contributed by atoms with Crippen molar-refractivity contribution in [2.45, 2.75) is 114 Å². The number of carbonyl (C=O) groups is 2.